The molecule has 0 saturated carbocycles. The molecule has 0 aliphatic carbocycles. The standard InChI is InChI=1S/C8H14O.C5H10O.C3H4O4.BI3/c1-3-4-5-6-7-8(2)9;1-2-3-4-5-6;4-2(5)1-3(6)7;1-4(2)3/h6-7H,3-5H2,1-2H3;5H,2-4H2,1H3;1H2,(H,4,5)(H,6,7);/b7-6+;;;. The number of carbonyl (C=O) groups excluding carboxylic acids is 2. The monoisotopic (exact) mass is 708 g/mol. The van der Waals surface area contributed by atoms with E-state index >= 15 is 0 Å². The summed E-state index contributed by atoms with van der Waals surface area (Å²) in [6, 6.07) is 0. The second-order valence-electron chi connectivity index (χ2n) is 4.65. The SMILES string of the molecule is CCCC/C=C/C(C)=O.CCCCC=O.O=C(O)CC(=O)O.[B]I(I)I. The number of hydrogen-bond donors (Lipinski definition) is 2. The molecule has 0 aliphatic heterocycles. The molecule has 2 N–H and O–H groups in total. The molecule has 0 aliphatic rings. The number of carbonyl (C=O) groups is 4. The molecule has 0 fully saturated rings. The zero-order valence-corrected chi connectivity index (χ0v) is 21.9. The summed E-state index contributed by atoms with van der Waals surface area (Å²) in [7, 11) is 0. The van der Waals surface area contributed by atoms with Crippen molar-refractivity contribution in [1.82, 2.24) is 0 Å². The average Bonchev–Trinajstić information content (AvgIpc) is 2.48. The Bertz CT molecular complexity index is 375. The van der Waals surface area contributed by atoms with Gasteiger partial charge in [-0.2, -0.15) is 0 Å². The van der Waals surface area contributed by atoms with Crippen LogP contribution in [0.25, 0.3) is 0 Å². The van der Waals surface area contributed by atoms with Crippen molar-refractivity contribution in [1.29, 1.82) is 0 Å². The summed E-state index contributed by atoms with van der Waals surface area (Å²) in [4.78, 5) is 38.7. The van der Waals surface area contributed by atoms with Crippen LogP contribution in [0.2, 0.25) is 0 Å². The molecule has 0 bridgehead atoms. The molecule has 0 aromatic heterocycles. The number of ketones is 1. The minimum atomic E-state index is -1.31. The van der Waals surface area contributed by atoms with Crippen molar-refractivity contribution in [3.8, 4) is 0 Å². The predicted molar refractivity (Wildman–Crippen MR) is 133 cm³/mol. The van der Waals surface area contributed by atoms with Crippen molar-refractivity contribution in [2.75, 3.05) is 0 Å². The third kappa shape index (κ3) is 74.6. The first-order chi connectivity index (χ1) is 12.0. The molecular weight excluding hydrogens is 680 g/mol. The van der Waals surface area contributed by atoms with E-state index in [9.17, 15) is 19.2 Å². The summed E-state index contributed by atoms with van der Waals surface area (Å²) in [6.07, 6.45) is 10.0. The summed E-state index contributed by atoms with van der Waals surface area (Å²) >= 11 is 3.71. The topological polar surface area (TPSA) is 109 Å². The van der Waals surface area contributed by atoms with Crippen LogP contribution in [-0.4, -0.2) is 39.9 Å². The Labute approximate surface area is 184 Å². The van der Waals surface area contributed by atoms with Crippen LogP contribution in [0.3, 0.4) is 0 Å². The number of unbranched alkanes of at least 4 members (excludes halogenated alkanes) is 4. The third-order valence-electron chi connectivity index (χ3n) is 2.05. The number of hydrogen-bond acceptors (Lipinski definition) is 4. The van der Waals surface area contributed by atoms with Crippen LogP contribution in [0.1, 0.15) is 65.7 Å². The summed E-state index contributed by atoms with van der Waals surface area (Å²) in [6.45, 7) is 5.79. The summed E-state index contributed by atoms with van der Waals surface area (Å²) in [5.41, 5.74) is 5.24. The first-order valence-electron chi connectivity index (χ1n) is 7.86. The van der Waals surface area contributed by atoms with Crippen LogP contribution >= 0.6 is 48.9 Å². The van der Waals surface area contributed by atoms with Crippen LogP contribution < -0.4 is 0 Å². The number of halogens is 3. The van der Waals surface area contributed by atoms with Gasteiger partial charge in [-0.1, -0.05) is 39.2 Å². The van der Waals surface area contributed by atoms with E-state index in [1.165, 1.54) is 12.8 Å². The second kappa shape index (κ2) is 30.0. The fraction of sp³-hybridized carbons (Fsp3) is 0.625. The summed E-state index contributed by atoms with van der Waals surface area (Å²) in [5.74, 6) is -2.48. The maximum absolute atomic E-state index is 10.3. The van der Waals surface area contributed by atoms with Crippen molar-refractivity contribution < 1.29 is 29.4 Å². The number of aliphatic carboxylic acids is 2. The Morgan fingerprint density at radius 1 is 1.00 bits per heavy atom. The number of carboxylic acids is 2. The van der Waals surface area contributed by atoms with Crippen molar-refractivity contribution in [3.63, 3.8) is 0 Å². The molecule has 0 unspecified atom stereocenters. The number of carboxylic acid groups (broad SMARTS) is 2. The molecule has 26 heavy (non-hydrogen) atoms. The maximum atomic E-state index is 10.3. The van der Waals surface area contributed by atoms with Crippen LogP contribution in [0.4, 0.5) is 0 Å². The fourth-order valence-corrected chi connectivity index (χ4v) is 0.988. The molecule has 6 nitrogen and oxygen atoms in total. The van der Waals surface area contributed by atoms with Gasteiger partial charge in [-0.3, -0.25) is 14.4 Å². The van der Waals surface area contributed by atoms with Gasteiger partial charge in [0.15, 0.2) is 5.78 Å². The number of rotatable bonds is 9. The van der Waals surface area contributed by atoms with Gasteiger partial charge in [0.2, 0.25) is 0 Å². The van der Waals surface area contributed by atoms with E-state index in [2.05, 4.69) is 51.1 Å². The van der Waals surface area contributed by atoms with Crippen LogP contribution in [-0.2, 0) is 19.2 Å². The Balaban J connectivity index is -0.000000129. The van der Waals surface area contributed by atoms with Gasteiger partial charge in [-0.05, 0) is 25.8 Å². The van der Waals surface area contributed by atoms with E-state index in [1.54, 1.807) is 13.0 Å². The molecule has 0 rings (SSSR count). The van der Waals surface area contributed by atoms with Crippen LogP contribution in [0.15, 0.2) is 12.2 Å². The van der Waals surface area contributed by atoms with Crippen LogP contribution in [0.5, 0.6) is 0 Å². The molecular formula is C16H28BI3O6. The number of allylic oxidation sites excluding steroid dienone is 2. The molecule has 10 heteroatoms. The van der Waals surface area contributed by atoms with Crippen molar-refractivity contribution in [3.05, 3.63) is 12.2 Å². The van der Waals surface area contributed by atoms with Gasteiger partial charge in [0.1, 0.15) is 12.7 Å². The minimum absolute atomic E-state index is 0.145. The van der Waals surface area contributed by atoms with Gasteiger partial charge in [0, 0.05) is 6.42 Å². The molecule has 0 aromatic rings. The van der Waals surface area contributed by atoms with Gasteiger partial charge in [0.05, 0.1) is 0 Å². The van der Waals surface area contributed by atoms with Gasteiger partial charge in [0.25, 0.3) is 0 Å². The molecule has 2 radical (unpaired) electrons. The normalized spacial score (nSPS) is 9.35. The van der Waals surface area contributed by atoms with Crippen LogP contribution in [0, 0.1) is 0 Å². The molecule has 0 saturated heterocycles. The molecule has 0 aromatic carbocycles. The molecule has 0 heterocycles. The Kier molecular flexibility index (Phi) is 39.1. The molecule has 0 spiro atoms. The zero-order valence-electron chi connectivity index (χ0n) is 15.4. The van der Waals surface area contributed by atoms with Gasteiger partial charge >= 0.3 is 66.5 Å². The van der Waals surface area contributed by atoms with E-state index in [1.807, 2.05) is 6.08 Å². The van der Waals surface area contributed by atoms with E-state index in [0.717, 1.165) is 32.0 Å². The first-order valence-corrected chi connectivity index (χ1v) is 21.7. The van der Waals surface area contributed by atoms with E-state index < -0.39 is 30.0 Å². The first kappa shape index (κ1) is 33.8. The molecule has 0 atom stereocenters. The predicted octanol–water partition coefficient (Wildman–Crippen LogP) is 5.52. The van der Waals surface area contributed by atoms with Gasteiger partial charge in [-0.25, -0.2) is 0 Å². The van der Waals surface area contributed by atoms with E-state index in [4.69, 9.17) is 15.9 Å². The van der Waals surface area contributed by atoms with E-state index in [0.29, 0.717) is 0 Å². The van der Waals surface area contributed by atoms with Gasteiger partial charge < -0.3 is 15.0 Å². The van der Waals surface area contributed by atoms with Crippen molar-refractivity contribution in [2.24, 2.45) is 0 Å². The quantitative estimate of drug-likeness (QED) is 0.0817. The molecule has 0 amide bonds. The molecule has 152 valence electrons. The zero-order chi connectivity index (χ0) is 21.4. The third-order valence-corrected chi connectivity index (χ3v) is 2.05. The Morgan fingerprint density at radius 2 is 1.38 bits per heavy atom. The van der Waals surface area contributed by atoms with Crippen molar-refractivity contribution in [2.45, 2.75) is 65.7 Å². The number of aldehydes is 1. The Morgan fingerprint density at radius 3 is 1.58 bits per heavy atom. The fourth-order valence-electron chi connectivity index (χ4n) is 0.988. The summed E-state index contributed by atoms with van der Waals surface area (Å²) < 4.78 is 0. The second-order valence-corrected chi connectivity index (χ2v) is 28.2. The average molecular weight is 708 g/mol. The van der Waals surface area contributed by atoms with Gasteiger partial charge in [-0.15, -0.1) is 0 Å². The van der Waals surface area contributed by atoms with E-state index in [-0.39, 0.29) is 5.78 Å². The Hall–Kier alpha value is 0.275. The van der Waals surface area contributed by atoms with Crippen molar-refractivity contribution >= 4 is 78.6 Å². The summed E-state index contributed by atoms with van der Waals surface area (Å²) in [5, 5.41) is 15.4.